The Hall–Kier alpha value is -1.72. The number of ether oxygens (including phenoxy) is 1. The van der Waals surface area contributed by atoms with Gasteiger partial charge in [-0.2, -0.15) is 0 Å². The number of pyridine rings is 1. The molecule has 0 aliphatic rings. The highest BCUT2D eigenvalue weighted by atomic mass is 19.1. The highest BCUT2D eigenvalue weighted by molar-refractivity contribution is 5.80. The van der Waals surface area contributed by atoms with E-state index >= 15 is 0 Å². The van der Waals surface area contributed by atoms with Crippen LogP contribution in [0.1, 0.15) is 0 Å². The zero-order valence-corrected chi connectivity index (χ0v) is 11.0. The van der Waals surface area contributed by atoms with Crippen molar-refractivity contribution in [1.29, 1.82) is 0 Å². The third-order valence-corrected chi connectivity index (χ3v) is 2.87. The molecule has 2 aromatic rings. The molecule has 0 unspecified atom stereocenters. The maximum atomic E-state index is 13.2. The zero-order valence-electron chi connectivity index (χ0n) is 11.0. The predicted octanol–water partition coefficient (Wildman–Crippen LogP) is 1.82. The number of hydrogen-bond acceptors (Lipinski definition) is 4. The molecule has 0 amide bonds. The van der Waals surface area contributed by atoms with Gasteiger partial charge in [-0.1, -0.05) is 0 Å². The third kappa shape index (κ3) is 3.39. The number of aliphatic hydroxyl groups excluding tert-OH is 1. The number of aromatic nitrogens is 1. The normalized spacial score (nSPS) is 12.6. The molecule has 1 aromatic heterocycles. The minimum absolute atomic E-state index is 0.270. The number of rotatable bonds is 5. The van der Waals surface area contributed by atoms with Crippen molar-refractivity contribution in [1.82, 2.24) is 4.98 Å². The summed E-state index contributed by atoms with van der Waals surface area (Å²) in [6.07, 6.45) is -0.583. The van der Waals surface area contributed by atoms with Gasteiger partial charge in [0.2, 0.25) is 0 Å². The monoisotopic (exact) mass is 264 g/mol. The first-order valence-electron chi connectivity index (χ1n) is 6.04. The van der Waals surface area contributed by atoms with Crippen molar-refractivity contribution in [3.63, 3.8) is 0 Å². The summed E-state index contributed by atoms with van der Waals surface area (Å²) in [6, 6.07) is 8.24. The number of aliphatic hydroxyl groups is 1. The molecule has 102 valence electrons. The van der Waals surface area contributed by atoms with Crippen LogP contribution in [0.3, 0.4) is 0 Å². The van der Waals surface area contributed by atoms with E-state index in [1.54, 1.807) is 13.2 Å². The van der Waals surface area contributed by atoms with Crippen LogP contribution in [0.25, 0.3) is 10.9 Å². The van der Waals surface area contributed by atoms with E-state index < -0.39 is 6.10 Å². The lowest BCUT2D eigenvalue weighted by Gasteiger charge is -2.21. The van der Waals surface area contributed by atoms with Crippen LogP contribution in [0.2, 0.25) is 0 Å². The van der Waals surface area contributed by atoms with Gasteiger partial charge in [-0.3, -0.25) is 0 Å². The Morgan fingerprint density at radius 2 is 2.11 bits per heavy atom. The number of likely N-dealkylation sites (N-methyl/N-ethyl adjacent to an activating group) is 1. The number of methoxy groups -OCH3 is 1. The largest absolute Gasteiger partial charge is 0.389 e. The molecule has 4 nitrogen and oxygen atoms in total. The number of halogens is 1. The van der Waals surface area contributed by atoms with Crippen LogP contribution in [0, 0.1) is 5.82 Å². The predicted molar refractivity (Wildman–Crippen MR) is 72.9 cm³/mol. The van der Waals surface area contributed by atoms with Gasteiger partial charge >= 0.3 is 0 Å². The molecule has 1 aromatic carbocycles. The Bertz CT molecular complexity index is 562. The number of anilines is 1. The number of fused-ring (bicyclic) bond motifs is 1. The van der Waals surface area contributed by atoms with Crippen LogP contribution in [-0.4, -0.2) is 43.5 Å². The maximum absolute atomic E-state index is 13.2. The first-order chi connectivity index (χ1) is 9.10. The molecule has 19 heavy (non-hydrogen) atoms. The summed E-state index contributed by atoms with van der Waals surface area (Å²) in [5.41, 5.74) is 0.602. The van der Waals surface area contributed by atoms with Gasteiger partial charge in [0.05, 0.1) is 18.2 Å². The van der Waals surface area contributed by atoms with Gasteiger partial charge < -0.3 is 14.7 Å². The smallest absolute Gasteiger partial charge is 0.129 e. The molecule has 0 aliphatic heterocycles. The SMILES string of the molecule is COC[C@H](O)CN(C)c1ccc2ccc(F)cc2n1. The Morgan fingerprint density at radius 3 is 2.84 bits per heavy atom. The van der Waals surface area contributed by atoms with Crippen molar-refractivity contribution < 1.29 is 14.2 Å². The molecule has 1 heterocycles. The lowest BCUT2D eigenvalue weighted by molar-refractivity contribution is 0.0694. The van der Waals surface area contributed by atoms with E-state index in [2.05, 4.69) is 4.98 Å². The van der Waals surface area contributed by atoms with Crippen molar-refractivity contribution in [2.45, 2.75) is 6.10 Å². The molecule has 0 saturated carbocycles. The van der Waals surface area contributed by atoms with Gasteiger partial charge in [0.25, 0.3) is 0 Å². The van der Waals surface area contributed by atoms with E-state index in [0.29, 0.717) is 17.9 Å². The summed E-state index contributed by atoms with van der Waals surface area (Å²) in [5, 5.41) is 10.6. The van der Waals surface area contributed by atoms with Crippen molar-refractivity contribution >= 4 is 16.7 Å². The highest BCUT2D eigenvalue weighted by Gasteiger charge is 2.10. The molecule has 0 saturated heterocycles. The quantitative estimate of drug-likeness (QED) is 0.894. The van der Waals surface area contributed by atoms with E-state index in [1.165, 1.54) is 12.1 Å². The van der Waals surface area contributed by atoms with Crippen LogP contribution in [0.5, 0.6) is 0 Å². The molecular formula is C14H17FN2O2. The van der Waals surface area contributed by atoms with Gasteiger partial charge in [-0.15, -0.1) is 0 Å². The molecule has 0 bridgehead atoms. The summed E-state index contributed by atoms with van der Waals surface area (Å²) >= 11 is 0. The molecule has 1 atom stereocenters. The topological polar surface area (TPSA) is 45.6 Å². The van der Waals surface area contributed by atoms with E-state index in [9.17, 15) is 9.50 Å². The number of nitrogens with zero attached hydrogens (tertiary/aromatic N) is 2. The fourth-order valence-corrected chi connectivity index (χ4v) is 1.95. The van der Waals surface area contributed by atoms with Gasteiger partial charge in [0, 0.05) is 32.2 Å². The van der Waals surface area contributed by atoms with Crippen LogP contribution in [-0.2, 0) is 4.74 Å². The molecule has 0 fully saturated rings. The first kappa shape index (κ1) is 13.7. The van der Waals surface area contributed by atoms with Crippen molar-refractivity contribution in [2.24, 2.45) is 0 Å². The van der Waals surface area contributed by atoms with E-state index in [-0.39, 0.29) is 12.4 Å². The molecule has 2 rings (SSSR count). The minimum atomic E-state index is -0.583. The zero-order chi connectivity index (χ0) is 13.8. The maximum Gasteiger partial charge on any atom is 0.129 e. The van der Waals surface area contributed by atoms with Crippen LogP contribution < -0.4 is 4.90 Å². The third-order valence-electron chi connectivity index (χ3n) is 2.87. The second-order valence-electron chi connectivity index (χ2n) is 4.50. The Morgan fingerprint density at radius 1 is 1.37 bits per heavy atom. The van der Waals surface area contributed by atoms with E-state index in [4.69, 9.17) is 4.74 Å². The molecular weight excluding hydrogens is 247 g/mol. The van der Waals surface area contributed by atoms with Crippen LogP contribution in [0.4, 0.5) is 10.2 Å². The van der Waals surface area contributed by atoms with E-state index in [0.717, 1.165) is 5.39 Å². The summed E-state index contributed by atoms with van der Waals surface area (Å²) in [6.45, 7) is 0.675. The Balaban J connectivity index is 2.20. The van der Waals surface area contributed by atoms with E-state index in [1.807, 2.05) is 24.1 Å². The molecule has 0 radical (unpaired) electrons. The van der Waals surface area contributed by atoms with Crippen LogP contribution in [0.15, 0.2) is 30.3 Å². The molecule has 0 aliphatic carbocycles. The van der Waals surface area contributed by atoms with Gasteiger partial charge in [0.1, 0.15) is 11.6 Å². The average molecular weight is 264 g/mol. The molecule has 5 heteroatoms. The average Bonchev–Trinajstić information content (AvgIpc) is 2.38. The Labute approximate surface area is 111 Å². The van der Waals surface area contributed by atoms with Crippen molar-refractivity contribution in [3.8, 4) is 0 Å². The summed E-state index contributed by atoms with van der Waals surface area (Å²) in [4.78, 5) is 6.20. The molecule has 1 N–H and O–H groups in total. The second kappa shape index (κ2) is 5.95. The van der Waals surface area contributed by atoms with Gasteiger partial charge in [-0.25, -0.2) is 9.37 Å². The molecule has 0 spiro atoms. The number of hydrogen-bond donors (Lipinski definition) is 1. The van der Waals surface area contributed by atoms with Crippen molar-refractivity contribution in [3.05, 3.63) is 36.1 Å². The van der Waals surface area contributed by atoms with Gasteiger partial charge in [0.15, 0.2) is 0 Å². The Kier molecular flexibility index (Phi) is 4.29. The first-order valence-corrected chi connectivity index (χ1v) is 6.04. The standard InChI is InChI=1S/C14H17FN2O2/c1-17(8-12(18)9-19-2)14-6-4-10-3-5-11(15)7-13(10)16-14/h3-7,12,18H,8-9H2,1-2H3/t12-/m1/s1. The summed E-state index contributed by atoms with van der Waals surface area (Å²) in [7, 11) is 3.37. The lowest BCUT2D eigenvalue weighted by atomic mass is 10.2. The lowest BCUT2D eigenvalue weighted by Crippen LogP contribution is -2.32. The summed E-state index contributed by atoms with van der Waals surface area (Å²) < 4.78 is 18.0. The fraction of sp³-hybridized carbons (Fsp3) is 0.357. The second-order valence-corrected chi connectivity index (χ2v) is 4.50. The van der Waals surface area contributed by atoms with Crippen molar-refractivity contribution in [2.75, 3.05) is 32.2 Å². The highest BCUT2D eigenvalue weighted by Crippen LogP contribution is 2.18. The summed E-state index contributed by atoms with van der Waals surface area (Å²) in [5.74, 6) is 0.382. The fourth-order valence-electron chi connectivity index (χ4n) is 1.95. The van der Waals surface area contributed by atoms with Gasteiger partial charge in [-0.05, 0) is 24.3 Å². The minimum Gasteiger partial charge on any atom is -0.389 e. The number of benzene rings is 1. The van der Waals surface area contributed by atoms with Crippen LogP contribution >= 0.6 is 0 Å².